The second-order valence-electron chi connectivity index (χ2n) is 6.75. The summed E-state index contributed by atoms with van der Waals surface area (Å²) in [5.41, 5.74) is 2.40. The molecule has 0 N–H and O–H groups in total. The van der Waals surface area contributed by atoms with Crippen LogP contribution in [0.2, 0.25) is 0 Å². The van der Waals surface area contributed by atoms with Crippen molar-refractivity contribution in [3.05, 3.63) is 35.8 Å². The van der Waals surface area contributed by atoms with Gasteiger partial charge in [-0.3, -0.25) is 14.4 Å². The highest BCUT2D eigenvalue weighted by Gasteiger charge is 2.33. The van der Waals surface area contributed by atoms with Crippen LogP contribution in [0.25, 0.3) is 0 Å². The minimum Gasteiger partial charge on any atom is -0.471 e. The van der Waals surface area contributed by atoms with Crippen LogP contribution in [0.3, 0.4) is 0 Å². The smallest absolute Gasteiger partial charge is 0.262 e. The molecule has 24 heavy (non-hydrogen) atoms. The van der Waals surface area contributed by atoms with Gasteiger partial charge in [0.05, 0.1) is 17.8 Å². The highest BCUT2D eigenvalue weighted by molar-refractivity contribution is 6.07. The van der Waals surface area contributed by atoms with Gasteiger partial charge in [-0.25, -0.2) is 4.98 Å². The summed E-state index contributed by atoms with van der Waals surface area (Å²) in [5, 5.41) is 4.61. The number of carbonyl (C=O) groups is 1. The monoisotopic (exact) mass is 326 g/mol. The van der Waals surface area contributed by atoms with E-state index in [2.05, 4.69) is 10.1 Å². The number of rotatable bonds is 2. The number of pyridine rings is 1. The Labute approximate surface area is 141 Å². The number of nitrogens with zero attached hydrogens (tertiary/aromatic N) is 4. The molecule has 126 valence electrons. The van der Waals surface area contributed by atoms with Crippen LogP contribution in [0.5, 0.6) is 5.88 Å². The lowest BCUT2D eigenvalue weighted by molar-refractivity contribution is 0.0957. The molecule has 0 saturated heterocycles. The zero-order chi connectivity index (χ0) is 16.7. The van der Waals surface area contributed by atoms with E-state index in [4.69, 9.17) is 4.74 Å². The maximum Gasteiger partial charge on any atom is 0.262 e. The summed E-state index contributed by atoms with van der Waals surface area (Å²) in [6.45, 7) is 2.48. The second-order valence-corrected chi connectivity index (χ2v) is 6.75. The summed E-state index contributed by atoms with van der Waals surface area (Å²) >= 11 is 0. The molecule has 6 nitrogen and oxygen atoms in total. The highest BCUT2D eigenvalue weighted by atomic mass is 16.5. The summed E-state index contributed by atoms with van der Waals surface area (Å²) in [7, 11) is 1.88. The zero-order valence-electron chi connectivity index (χ0n) is 14.1. The van der Waals surface area contributed by atoms with E-state index in [0.717, 1.165) is 24.2 Å². The van der Waals surface area contributed by atoms with Crippen LogP contribution in [0.1, 0.15) is 54.6 Å². The largest absolute Gasteiger partial charge is 0.471 e. The minimum absolute atomic E-state index is 0.00519. The average Bonchev–Trinajstić information content (AvgIpc) is 3.22. The summed E-state index contributed by atoms with van der Waals surface area (Å²) < 4.78 is 7.52. The van der Waals surface area contributed by atoms with Crippen molar-refractivity contribution in [3.63, 3.8) is 0 Å². The molecule has 2 aliphatic rings. The van der Waals surface area contributed by atoms with Crippen molar-refractivity contribution < 1.29 is 9.53 Å². The molecule has 1 unspecified atom stereocenters. The third kappa shape index (κ3) is 2.56. The van der Waals surface area contributed by atoms with Crippen molar-refractivity contribution in [2.45, 2.75) is 44.6 Å². The van der Waals surface area contributed by atoms with Crippen LogP contribution >= 0.6 is 0 Å². The molecule has 3 heterocycles. The van der Waals surface area contributed by atoms with Crippen LogP contribution in [0.4, 0.5) is 5.69 Å². The Morgan fingerprint density at radius 1 is 1.33 bits per heavy atom. The SMILES string of the molecule is CC1CN(C(=O)c2cn(C)nc2C2CCCC2)c2cccnc2O1. The standard InChI is InChI=1S/C18H22N4O2/c1-12-10-22(15-8-5-9-19-17(15)24-12)18(23)14-11-21(2)20-16(14)13-6-3-4-7-13/h5,8-9,11-13H,3-4,6-7,10H2,1-2H3. The van der Waals surface area contributed by atoms with E-state index in [1.807, 2.05) is 32.3 Å². The topological polar surface area (TPSA) is 60.2 Å². The minimum atomic E-state index is -0.0806. The number of anilines is 1. The van der Waals surface area contributed by atoms with Crippen molar-refractivity contribution in [1.29, 1.82) is 0 Å². The Hall–Kier alpha value is -2.37. The maximum atomic E-state index is 13.3. The lowest BCUT2D eigenvalue weighted by Gasteiger charge is -2.32. The van der Waals surface area contributed by atoms with Gasteiger partial charge in [-0.05, 0) is 31.9 Å². The van der Waals surface area contributed by atoms with E-state index in [1.54, 1.807) is 15.8 Å². The third-order valence-corrected chi connectivity index (χ3v) is 4.87. The molecule has 6 heteroatoms. The van der Waals surface area contributed by atoms with Gasteiger partial charge in [0.15, 0.2) is 0 Å². The number of ether oxygens (including phenoxy) is 1. The lowest BCUT2D eigenvalue weighted by Crippen LogP contribution is -2.42. The molecule has 1 aliphatic carbocycles. The van der Waals surface area contributed by atoms with Gasteiger partial charge in [0.2, 0.25) is 5.88 Å². The van der Waals surface area contributed by atoms with Gasteiger partial charge >= 0.3 is 0 Å². The second kappa shape index (κ2) is 5.92. The Bertz CT molecular complexity index is 764. The van der Waals surface area contributed by atoms with Crippen molar-refractivity contribution in [3.8, 4) is 5.88 Å². The number of hydrogen-bond donors (Lipinski definition) is 0. The predicted molar refractivity (Wildman–Crippen MR) is 90.4 cm³/mol. The van der Waals surface area contributed by atoms with Crippen molar-refractivity contribution >= 4 is 11.6 Å². The fourth-order valence-corrected chi connectivity index (χ4v) is 3.77. The lowest BCUT2D eigenvalue weighted by atomic mass is 9.99. The average molecular weight is 326 g/mol. The van der Waals surface area contributed by atoms with Gasteiger partial charge in [0.1, 0.15) is 11.8 Å². The molecule has 1 fully saturated rings. The first-order valence-corrected chi connectivity index (χ1v) is 8.60. The molecule has 0 radical (unpaired) electrons. The van der Waals surface area contributed by atoms with Crippen LogP contribution in [-0.4, -0.2) is 33.3 Å². The molecule has 1 atom stereocenters. The van der Waals surface area contributed by atoms with Gasteiger partial charge in [-0.15, -0.1) is 0 Å². The van der Waals surface area contributed by atoms with Crippen LogP contribution < -0.4 is 9.64 Å². The number of fused-ring (bicyclic) bond motifs is 1. The number of hydrogen-bond acceptors (Lipinski definition) is 4. The quantitative estimate of drug-likeness (QED) is 0.851. The van der Waals surface area contributed by atoms with Gasteiger partial charge in [0.25, 0.3) is 5.91 Å². The summed E-state index contributed by atoms with van der Waals surface area (Å²) in [4.78, 5) is 19.3. The summed E-state index contributed by atoms with van der Waals surface area (Å²) in [6.07, 6.45) is 8.14. The van der Waals surface area contributed by atoms with Crippen molar-refractivity contribution in [2.24, 2.45) is 7.05 Å². The van der Waals surface area contributed by atoms with Gasteiger partial charge in [0, 0.05) is 25.4 Å². The van der Waals surface area contributed by atoms with Crippen LogP contribution in [0, 0.1) is 0 Å². The normalized spacial score (nSPS) is 20.8. The zero-order valence-corrected chi connectivity index (χ0v) is 14.1. The van der Waals surface area contributed by atoms with E-state index < -0.39 is 0 Å². The number of carbonyl (C=O) groups excluding carboxylic acids is 1. The molecule has 0 aromatic carbocycles. The maximum absolute atomic E-state index is 13.3. The third-order valence-electron chi connectivity index (χ3n) is 4.87. The van der Waals surface area contributed by atoms with Crippen molar-refractivity contribution in [2.75, 3.05) is 11.4 Å². The first-order chi connectivity index (χ1) is 11.6. The van der Waals surface area contributed by atoms with E-state index in [1.165, 1.54) is 12.8 Å². The molecule has 0 bridgehead atoms. The Balaban J connectivity index is 1.72. The molecule has 2 aromatic heterocycles. The van der Waals surface area contributed by atoms with Crippen LogP contribution in [-0.2, 0) is 7.05 Å². The van der Waals surface area contributed by atoms with E-state index >= 15 is 0 Å². The highest BCUT2D eigenvalue weighted by Crippen LogP contribution is 2.37. The van der Waals surface area contributed by atoms with E-state index in [9.17, 15) is 4.79 Å². The molecule has 0 spiro atoms. The summed E-state index contributed by atoms with van der Waals surface area (Å²) in [6, 6.07) is 3.72. The van der Waals surface area contributed by atoms with E-state index in [-0.39, 0.29) is 12.0 Å². The van der Waals surface area contributed by atoms with Crippen molar-refractivity contribution in [1.82, 2.24) is 14.8 Å². The predicted octanol–water partition coefficient (Wildman–Crippen LogP) is 2.90. The fraction of sp³-hybridized carbons (Fsp3) is 0.500. The fourth-order valence-electron chi connectivity index (χ4n) is 3.77. The van der Waals surface area contributed by atoms with Gasteiger partial charge in [-0.1, -0.05) is 12.8 Å². The number of aryl methyl sites for hydroxylation is 1. The van der Waals surface area contributed by atoms with Gasteiger partial charge in [-0.2, -0.15) is 5.10 Å². The van der Waals surface area contributed by atoms with Crippen LogP contribution in [0.15, 0.2) is 24.5 Å². The molecular weight excluding hydrogens is 304 g/mol. The Morgan fingerprint density at radius 3 is 2.92 bits per heavy atom. The number of amides is 1. The molecule has 1 saturated carbocycles. The Morgan fingerprint density at radius 2 is 2.12 bits per heavy atom. The molecule has 2 aromatic rings. The number of aromatic nitrogens is 3. The molecule has 1 aliphatic heterocycles. The summed E-state index contributed by atoms with van der Waals surface area (Å²) in [5.74, 6) is 0.919. The molecule has 4 rings (SSSR count). The first-order valence-electron chi connectivity index (χ1n) is 8.60. The van der Waals surface area contributed by atoms with E-state index in [0.29, 0.717) is 23.9 Å². The Kier molecular flexibility index (Phi) is 3.75. The first kappa shape index (κ1) is 15.2. The molecule has 1 amide bonds. The van der Waals surface area contributed by atoms with Gasteiger partial charge < -0.3 is 4.74 Å². The molecular formula is C18H22N4O2.